The number of ether oxygens (including phenoxy) is 1. The van der Waals surface area contributed by atoms with Gasteiger partial charge in [0.25, 0.3) is 0 Å². The second-order valence-electron chi connectivity index (χ2n) is 5.56. The molecule has 1 fully saturated rings. The van der Waals surface area contributed by atoms with Gasteiger partial charge in [0.1, 0.15) is 11.0 Å². The molecule has 1 saturated heterocycles. The number of benzene rings is 2. The number of aliphatic imine (C=N–C) groups is 1. The summed E-state index contributed by atoms with van der Waals surface area (Å²) < 4.78 is 5.41. The minimum atomic E-state index is -0.493. The van der Waals surface area contributed by atoms with Crippen LogP contribution < -0.4 is 15.4 Å². The highest BCUT2D eigenvalue weighted by molar-refractivity contribution is 8.15. The van der Waals surface area contributed by atoms with Crippen LogP contribution in [0.5, 0.6) is 5.75 Å². The normalized spacial score (nSPS) is 17.8. The molecule has 0 aliphatic carbocycles. The highest BCUT2D eigenvalue weighted by atomic mass is 32.2. The van der Waals surface area contributed by atoms with Crippen LogP contribution in [0, 0.1) is 0 Å². The molecule has 0 spiro atoms. The molecule has 7 heteroatoms. The average Bonchev–Trinajstić information content (AvgIpc) is 2.95. The van der Waals surface area contributed by atoms with Gasteiger partial charge in [0.2, 0.25) is 11.8 Å². The van der Waals surface area contributed by atoms with Gasteiger partial charge in [-0.2, -0.15) is 0 Å². The molecule has 0 saturated carbocycles. The summed E-state index contributed by atoms with van der Waals surface area (Å²) in [5.74, 6) is 0.255. The van der Waals surface area contributed by atoms with Crippen LogP contribution in [0.25, 0.3) is 0 Å². The number of rotatable bonds is 6. The van der Waals surface area contributed by atoms with E-state index in [4.69, 9.17) is 4.74 Å². The molecule has 0 aromatic heterocycles. The van der Waals surface area contributed by atoms with E-state index in [1.54, 1.807) is 12.1 Å². The predicted octanol–water partition coefficient (Wildman–Crippen LogP) is 3.33. The fraction of sp³-hybridized carbons (Fsp3) is 0.211. The standard InChI is InChI=1S/C19H19N3O3S/c1-2-25-15-10-6-9-14(11-15)20-17(23)12-16-18(24)22-19(26-16)21-13-7-4-3-5-8-13/h3-11,16H,2,12H2,1H3,(H,20,23)(H,21,22,24)/t16-/m1/s1. The van der Waals surface area contributed by atoms with E-state index in [1.807, 2.05) is 49.4 Å². The summed E-state index contributed by atoms with van der Waals surface area (Å²) in [4.78, 5) is 28.7. The van der Waals surface area contributed by atoms with Gasteiger partial charge in [0, 0.05) is 18.2 Å². The van der Waals surface area contributed by atoms with Crippen LogP contribution in [0.2, 0.25) is 0 Å². The van der Waals surface area contributed by atoms with Gasteiger partial charge in [0.05, 0.1) is 12.3 Å². The number of para-hydroxylation sites is 1. The first-order valence-electron chi connectivity index (χ1n) is 8.28. The van der Waals surface area contributed by atoms with Crippen molar-refractivity contribution in [2.24, 2.45) is 4.99 Å². The second-order valence-corrected chi connectivity index (χ2v) is 6.75. The van der Waals surface area contributed by atoms with Crippen molar-refractivity contribution < 1.29 is 14.3 Å². The van der Waals surface area contributed by atoms with E-state index in [-0.39, 0.29) is 18.2 Å². The third-order valence-electron chi connectivity index (χ3n) is 3.56. The molecule has 2 N–H and O–H groups in total. The lowest BCUT2D eigenvalue weighted by atomic mass is 10.2. The maximum atomic E-state index is 12.3. The number of anilines is 1. The van der Waals surface area contributed by atoms with Crippen molar-refractivity contribution in [3.63, 3.8) is 0 Å². The van der Waals surface area contributed by atoms with Gasteiger partial charge in [-0.3, -0.25) is 9.59 Å². The highest BCUT2D eigenvalue weighted by Gasteiger charge is 2.32. The molecule has 2 aromatic carbocycles. The smallest absolute Gasteiger partial charge is 0.240 e. The van der Waals surface area contributed by atoms with Crippen LogP contribution >= 0.6 is 11.8 Å². The van der Waals surface area contributed by atoms with Crippen LogP contribution in [0.4, 0.5) is 11.4 Å². The molecule has 2 amide bonds. The second kappa shape index (κ2) is 8.53. The summed E-state index contributed by atoms with van der Waals surface area (Å²) in [6.45, 7) is 2.45. The van der Waals surface area contributed by atoms with Crippen molar-refractivity contribution in [3.05, 3.63) is 54.6 Å². The molecular formula is C19H19N3O3S. The van der Waals surface area contributed by atoms with Crippen molar-refractivity contribution in [2.75, 3.05) is 11.9 Å². The Morgan fingerprint density at radius 3 is 2.81 bits per heavy atom. The largest absolute Gasteiger partial charge is 0.494 e. The lowest BCUT2D eigenvalue weighted by Crippen LogP contribution is -2.28. The number of thioether (sulfide) groups is 1. The predicted molar refractivity (Wildman–Crippen MR) is 104 cm³/mol. The number of hydrogen-bond donors (Lipinski definition) is 2. The minimum Gasteiger partial charge on any atom is -0.494 e. The summed E-state index contributed by atoms with van der Waals surface area (Å²) in [5, 5.41) is 5.54. The number of nitrogens with zero attached hydrogens (tertiary/aromatic N) is 1. The van der Waals surface area contributed by atoms with Crippen molar-refractivity contribution in [3.8, 4) is 5.75 Å². The summed E-state index contributed by atoms with van der Waals surface area (Å²) in [6.07, 6.45) is 0.0726. The fourth-order valence-corrected chi connectivity index (χ4v) is 3.41. The number of hydrogen-bond acceptors (Lipinski definition) is 5. The molecule has 6 nitrogen and oxygen atoms in total. The van der Waals surface area contributed by atoms with Gasteiger partial charge in [-0.25, -0.2) is 4.99 Å². The van der Waals surface area contributed by atoms with Crippen molar-refractivity contribution in [1.82, 2.24) is 5.32 Å². The molecule has 0 radical (unpaired) electrons. The Kier molecular flexibility index (Phi) is 5.91. The highest BCUT2D eigenvalue weighted by Crippen LogP contribution is 2.26. The van der Waals surface area contributed by atoms with Gasteiger partial charge in [0.15, 0.2) is 5.17 Å². The number of carbonyl (C=O) groups is 2. The number of amides is 2. The van der Waals surface area contributed by atoms with E-state index in [2.05, 4.69) is 15.6 Å². The minimum absolute atomic E-state index is 0.0726. The molecule has 3 rings (SSSR count). The fourth-order valence-electron chi connectivity index (χ4n) is 2.42. The van der Waals surface area contributed by atoms with Crippen LogP contribution in [-0.2, 0) is 9.59 Å². The van der Waals surface area contributed by atoms with Crippen molar-refractivity contribution >= 4 is 40.1 Å². The van der Waals surface area contributed by atoms with Crippen LogP contribution in [0.15, 0.2) is 59.6 Å². The molecule has 1 aliphatic heterocycles. The van der Waals surface area contributed by atoms with Crippen LogP contribution in [0.3, 0.4) is 0 Å². The summed E-state index contributed by atoms with van der Waals surface area (Å²) in [7, 11) is 0. The van der Waals surface area contributed by atoms with Crippen LogP contribution in [-0.4, -0.2) is 28.8 Å². The first-order chi connectivity index (χ1) is 12.6. The van der Waals surface area contributed by atoms with Crippen molar-refractivity contribution in [1.29, 1.82) is 0 Å². The van der Waals surface area contributed by atoms with E-state index in [0.717, 1.165) is 5.69 Å². The lowest BCUT2D eigenvalue weighted by Gasteiger charge is -2.09. The molecule has 1 atom stereocenters. The maximum absolute atomic E-state index is 12.3. The Balaban J connectivity index is 1.58. The maximum Gasteiger partial charge on any atom is 0.240 e. The summed E-state index contributed by atoms with van der Waals surface area (Å²) in [5.41, 5.74) is 1.40. The molecule has 0 bridgehead atoms. The first-order valence-corrected chi connectivity index (χ1v) is 9.16. The summed E-state index contributed by atoms with van der Waals surface area (Å²) >= 11 is 1.27. The lowest BCUT2D eigenvalue weighted by molar-refractivity contribution is -0.122. The third kappa shape index (κ3) is 4.86. The Labute approximate surface area is 156 Å². The molecule has 0 unspecified atom stereocenters. The van der Waals surface area contributed by atoms with Gasteiger partial charge in [-0.1, -0.05) is 36.0 Å². The van der Waals surface area contributed by atoms with E-state index in [9.17, 15) is 9.59 Å². The number of nitrogens with one attached hydrogen (secondary N) is 2. The van der Waals surface area contributed by atoms with E-state index in [1.165, 1.54) is 11.8 Å². The van der Waals surface area contributed by atoms with Crippen LogP contribution in [0.1, 0.15) is 13.3 Å². The molecule has 1 heterocycles. The van der Waals surface area contributed by atoms with E-state index < -0.39 is 5.25 Å². The Hall–Kier alpha value is -2.80. The number of carbonyl (C=O) groups excluding carboxylic acids is 2. The molecular weight excluding hydrogens is 350 g/mol. The number of amidine groups is 1. The molecule has 134 valence electrons. The average molecular weight is 369 g/mol. The van der Waals surface area contributed by atoms with Gasteiger partial charge < -0.3 is 15.4 Å². The topological polar surface area (TPSA) is 79.8 Å². The zero-order valence-electron chi connectivity index (χ0n) is 14.3. The Morgan fingerprint density at radius 1 is 1.23 bits per heavy atom. The van der Waals surface area contributed by atoms with Crippen molar-refractivity contribution in [2.45, 2.75) is 18.6 Å². The van der Waals surface area contributed by atoms with Gasteiger partial charge in [-0.05, 0) is 31.2 Å². The van der Waals surface area contributed by atoms with Gasteiger partial charge >= 0.3 is 0 Å². The quantitative estimate of drug-likeness (QED) is 0.818. The molecule has 26 heavy (non-hydrogen) atoms. The zero-order valence-corrected chi connectivity index (χ0v) is 15.1. The van der Waals surface area contributed by atoms with E-state index >= 15 is 0 Å². The van der Waals surface area contributed by atoms with E-state index in [0.29, 0.717) is 23.2 Å². The Morgan fingerprint density at radius 2 is 2.04 bits per heavy atom. The SMILES string of the molecule is CCOc1cccc(NC(=O)C[C@H]2SC(=Nc3ccccc3)NC2=O)c1. The van der Waals surface area contributed by atoms with Gasteiger partial charge in [-0.15, -0.1) is 0 Å². The molecule has 2 aromatic rings. The first kappa shape index (κ1) is 18.0. The summed E-state index contributed by atoms with van der Waals surface area (Å²) in [6, 6.07) is 16.5. The molecule has 1 aliphatic rings. The zero-order chi connectivity index (χ0) is 18.4. The third-order valence-corrected chi connectivity index (χ3v) is 4.64. The Bertz CT molecular complexity index is 824. The monoisotopic (exact) mass is 369 g/mol.